The van der Waals surface area contributed by atoms with Crippen molar-refractivity contribution in [2.75, 3.05) is 11.3 Å². The van der Waals surface area contributed by atoms with Gasteiger partial charge in [-0.2, -0.15) is 0 Å². The molecule has 2 atom stereocenters. The number of hydrogen-bond acceptors (Lipinski definition) is 6. The number of hydrogen-bond donors (Lipinski definition) is 2. The van der Waals surface area contributed by atoms with Gasteiger partial charge in [0.1, 0.15) is 0 Å². The number of sulfonamides is 1. The van der Waals surface area contributed by atoms with Gasteiger partial charge in [0, 0.05) is 18.7 Å². The Bertz CT molecular complexity index is 1020. The fourth-order valence-electron chi connectivity index (χ4n) is 3.11. The van der Waals surface area contributed by atoms with Crippen molar-refractivity contribution in [1.82, 2.24) is 5.32 Å². The van der Waals surface area contributed by atoms with Gasteiger partial charge in [0.25, 0.3) is 21.6 Å². The molecule has 1 aliphatic heterocycles. The Kier molecular flexibility index (Phi) is 6.14. The molecule has 1 aliphatic rings. The molecule has 2 aromatic carbocycles. The van der Waals surface area contributed by atoms with E-state index in [4.69, 9.17) is 4.74 Å². The summed E-state index contributed by atoms with van der Waals surface area (Å²) in [5, 5.41) is 13.8. The molecule has 2 aromatic rings. The van der Waals surface area contributed by atoms with Crippen molar-refractivity contribution < 1.29 is 22.9 Å². The second-order valence-electron chi connectivity index (χ2n) is 6.72. The molecule has 1 fully saturated rings. The molecular weight excluding hydrogens is 398 g/mol. The van der Waals surface area contributed by atoms with Crippen LogP contribution in [0.1, 0.15) is 30.1 Å². The minimum absolute atomic E-state index is 0.0762. The van der Waals surface area contributed by atoms with E-state index in [0.29, 0.717) is 6.61 Å². The molecule has 154 valence electrons. The third kappa shape index (κ3) is 4.90. The number of carbonyl (C=O) groups excluding carboxylic acids is 1. The minimum atomic E-state index is -4.13. The summed E-state index contributed by atoms with van der Waals surface area (Å²) in [6.45, 7) is 2.49. The van der Waals surface area contributed by atoms with E-state index in [-0.39, 0.29) is 34.0 Å². The molecule has 2 unspecified atom stereocenters. The number of ether oxygens (including phenoxy) is 1. The van der Waals surface area contributed by atoms with Gasteiger partial charge in [0.05, 0.1) is 33.2 Å². The molecule has 0 aliphatic carbocycles. The largest absolute Gasteiger partial charge is 0.376 e. The quantitative estimate of drug-likeness (QED) is 0.525. The summed E-state index contributed by atoms with van der Waals surface area (Å²) >= 11 is 0. The van der Waals surface area contributed by atoms with E-state index in [1.165, 1.54) is 30.3 Å². The molecule has 0 radical (unpaired) electrons. The standard InChI is InChI=1S/C19H21N3O6S/c1-13(18-10-5-11-28-18)20-19(23)16-8-2-3-9-17(16)21-29(26,27)15-7-4-6-14(12-15)22(24)25/h2-4,6-9,12-13,18,21H,5,10-11H2,1H3,(H,20,23). The van der Waals surface area contributed by atoms with Gasteiger partial charge in [-0.1, -0.05) is 18.2 Å². The van der Waals surface area contributed by atoms with E-state index >= 15 is 0 Å². The highest BCUT2D eigenvalue weighted by atomic mass is 32.2. The molecule has 3 rings (SSSR count). The van der Waals surface area contributed by atoms with Crippen molar-refractivity contribution in [1.29, 1.82) is 0 Å². The number of carbonyl (C=O) groups is 1. The normalized spacial score (nSPS) is 17.5. The SMILES string of the molecule is CC(NC(=O)c1ccccc1NS(=O)(=O)c1cccc([N+](=O)[O-])c1)C1CCCO1. The monoisotopic (exact) mass is 419 g/mol. The number of non-ortho nitro benzene ring substituents is 1. The van der Waals surface area contributed by atoms with Gasteiger partial charge in [-0.05, 0) is 38.0 Å². The smallest absolute Gasteiger partial charge is 0.270 e. The van der Waals surface area contributed by atoms with Crippen LogP contribution in [0.2, 0.25) is 0 Å². The van der Waals surface area contributed by atoms with Gasteiger partial charge in [-0.15, -0.1) is 0 Å². The van der Waals surface area contributed by atoms with E-state index in [0.717, 1.165) is 18.9 Å². The Morgan fingerprint density at radius 3 is 2.69 bits per heavy atom. The Morgan fingerprint density at radius 1 is 1.24 bits per heavy atom. The van der Waals surface area contributed by atoms with Crippen LogP contribution >= 0.6 is 0 Å². The maximum absolute atomic E-state index is 12.7. The Hall–Kier alpha value is -2.98. The number of nitrogens with zero attached hydrogens (tertiary/aromatic N) is 1. The highest BCUT2D eigenvalue weighted by Gasteiger charge is 2.26. The Balaban J connectivity index is 1.82. The molecule has 2 N–H and O–H groups in total. The van der Waals surface area contributed by atoms with Crippen LogP contribution in [0.25, 0.3) is 0 Å². The number of para-hydroxylation sites is 1. The molecular formula is C19H21N3O6S. The van der Waals surface area contributed by atoms with Crippen LogP contribution in [0.15, 0.2) is 53.4 Å². The predicted octanol–water partition coefficient (Wildman–Crippen LogP) is 2.69. The lowest BCUT2D eigenvalue weighted by molar-refractivity contribution is -0.385. The van der Waals surface area contributed by atoms with Gasteiger partial charge in [-0.25, -0.2) is 8.42 Å². The maximum Gasteiger partial charge on any atom is 0.270 e. The first-order valence-electron chi connectivity index (χ1n) is 9.07. The summed E-state index contributed by atoms with van der Waals surface area (Å²) in [7, 11) is -4.13. The summed E-state index contributed by atoms with van der Waals surface area (Å²) in [6.07, 6.45) is 1.71. The number of amides is 1. The van der Waals surface area contributed by atoms with E-state index in [1.54, 1.807) is 12.1 Å². The highest BCUT2D eigenvalue weighted by molar-refractivity contribution is 7.92. The zero-order valence-corrected chi connectivity index (χ0v) is 16.5. The number of rotatable bonds is 7. The van der Waals surface area contributed by atoms with Crippen molar-refractivity contribution in [3.63, 3.8) is 0 Å². The lowest BCUT2D eigenvalue weighted by atomic mass is 10.1. The van der Waals surface area contributed by atoms with Crippen molar-refractivity contribution >= 4 is 27.3 Å². The summed E-state index contributed by atoms with van der Waals surface area (Å²) in [5.74, 6) is -0.439. The topological polar surface area (TPSA) is 128 Å². The van der Waals surface area contributed by atoms with Crippen LogP contribution in [0.5, 0.6) is 0 Å². The molecule has 29 heavy (non-hydrogen) atoms. The summed E-state index contributed by atoms with van der Waals surface area (Å²) in [4.78, 5) is 22.7. The lowest BCUT2D eigenvalue weighted by Crippen LogP contribution is -2.41. The Labute approximate surface area is 168 Å². The van der Waals surface area contributed by atoms with Gasteiger partial charge in [-0.3, -0.25) is 19.6 Å². The van der Waals surface area contributed by atoms with Crippen molar-refractivity contribution in [2.45, 2.75) is 36.8 Å². The second-order valence-corrected chi connectivity index (χ2v) is 8.40. The fraction of sp³-hybridized carbons (Fsp3) is 0.316. The molecule has 0 spiro atoms. The first kappa shape index (κ1) is 20.7. The highest BCUT2D eigenvalue weighted by Crippen LogP contribution is 2.23. The average molecular weight is 419 g/mol. The van der Waals surface area contributed by atoms with Crippen LogP contribution in [0, 0.1) is 10.1 Å². The molecule has 9 nitrogen and oxygen atoms in total. The Morgan fingerprint density at radius 2 is 2.00 bits per heavy atom. The molecule has 10 heteroatoms. The third-order valence-corrected chi connectivity index (χ3v) is 6.00. The molecule has 0 bridgehead atoms. The first-order valence-corrected chi connectivity index (χ1v) is 10.5. The van der Waals surface area contributed by atoms with E-state index < -0.39 is 20.9 Å². The van der Waals surface area contributed by atoms with E-state index in [9.17, 15) is 23.3 Å². The molecule has 1 saturated heterocycles. The lowest BCUT2D eigenvalue weighted by Gasteiger charge is -2.21. The first-order chi connectivity index (χ1) is 13.8. The molecule has 0 saturated carbocycles. The van der Waals surface area contributed by atoms with Crippen LogP contribution in [0.3, 0.4) is 0 Å². The number of nitro benzene ring substituents is 1. The van der Waals surface area contributed by atoms with E-state index in [2.05, 4.69) is 10.0 Å². The summed E-state index contributed by atoms with van der Waals surface area (Å²) in [6, 6.07) is 10.6. The van der Waals surface area contributed by atoms with Crippen molar-refractivity contribution in [2.24, 2.45) is 0 Å². The molecule has 1 amide bonds. The van der Waals surface area contributed by atoms with Crippen LogP contribution in [-0.2, 0) is 14.8 Å². The number of benzene rings is 2. The summed E-state index contributed by atoms with van der Waals surface area (Å²) in [5.41, 5.74) is -0.119. The number of nitro groups is 1. The van der Waals surface area contributed by atoms with Gasteiger partial charge < -0.3 is 10.1 Å². The van der Waals surface area contributed by atoms with Crippen molar-refractivity contribution in [3.8, 4) is 0 Å². The number of anilines is 1. The van der Waals surface area contributed by atoms with Gasteiger partial charge >= 0.3 is 0 Å². The zero-order chi connectivity index (χ0) is 21.0. The number of nitrogens with one attached hydrogen (secondary N) is 2. The second kappa shape index (κ2) is 8.58. The van der Waals surface area contributed by atoms with Crippen molar-refractivity contribution in [3.05, 3.63) is 64.2 Å². The molecule has 0 aromatic heterocycles. The van der Waals surface area contributed by atoms with Crippen LogP contribution in [-0.4, -0.2) is 38.0 Å². The predicted molar refractivity (Wildman–Crippen MR) is 106 cm³/mol. The van der Waals surface area contributed by atoms with Gasteiger partial charge in [0.15, 0.2) is 0 Å². The molecule has 1 heterocycles. The third-order valence-electron chi connectivity index (χ3n) is 4.64. The van der Waals surface area contributed by atoms with Gasteiger partial charge in [0.2, 0.25) is 0 Å². The average Bonchev–Trinajstić information content (AvgIpc) is 3.23. The van der Waals surface area contributed by atoms with Crippen LogP contribution < -0.4 is 10.0 Å². The fourth-order valence-corrected chi connectivity index (χ4v) is 4.23. The van der Waals surface area contributed by atoms with E-state index in [1.807, 2.05) is 6.92 Å². The zero-order valence-electron chi connectivity index (χ0n) is 15.7. The maximum atomic E-state index is 12.7. The van der Waals surface area contributed by atoms with Crippen LogP contribution in [0.4, 0.5) is 11.4 Å². The minimum Gasteiger partial charge on any atom is -0.376 e. The summed E-state index contributed by atoms with van der Waals surface area (Å²) < 4.78 is 33.3.